The summed E-state index contributed by atoms with van der Waals surface area (Å²) in [6.07, 6.45) is 0. The summed E-state index contributed by atoms with van der Waals surface area (Å²) in [4.78, 5) is 1.59. The van der Waals surface area contributed by atoms with Crippen LogP contribution in [0.1, 0.15) is 5.56 Å². The molecule has 3 heteroatoms. The number of nitrogens with two attached hydrogens (primary N) is 1. The van der Waals surface area contributed by atoms with Crippen LogP contribution in [0.2, 0.25) is 0 Å². The first-order chi connectivity index (χ1) is 7.66. The van der Waals surface area contributed by atoms with Crippen molar-refractivity contribution >= 4 is 16.5 Å². The van der Waals surface area contributed by atoms with E-state index in [-0.39, 0.29) is 0 Å². The average Bonchev–Trinajstić information content (AvgIpc) is 2.30. The van der Waals surface area contributed by atoms with Crippen molar-refractivity contribution in [2.24, 2.45) is 0 Å². The minimum absolute atomic E-state index is 0.685. The third kappa shape index (κ3) is 2.31. The molecule has 0 amide bonds. The van der Waals surface area contributed by atoms with Gasteiger partial charge in [0.1, 0.15) is 0 Å². The Morgan fingerprint density at radius 1 is 0.875 bits per heavy atom. The van der Waals surface area contributed by atoms with Crippen LogP contribution in [0.4, 0.5) is 5.69 Å². The molecule has 16 heavy (non-hydrogen) atoms. The lowest BCUT2D eigenvalue weighted by molar-refractivity contribution is 0.683. The Hall–Kier alpha value is -1.61. The maximum Gasteiger partial charge on any atom is 0.0849 e. The Balaban J connectivity index is 2.32. The summed E-state index contributed by atoms with van der Waals surface area (Å²) in [6.45, 7) is 2.01. The number of aryl methyl sites for hydroxylation is 1. The van der Waals surface area contributed by atoms with Crippen LogP contribution in [-0.2, 0) is 10.8 Å². The van der Waals surface area contributed by atoms with E-state index in [0.717, 1.165) is 15.4 Å². The molecule has 0 heterocycles. The van der Waals surface area contributed by atoms with Gasteiger partial charge in [0, 0.05) is 15.5 Å². The Morgan fingerprint density at radius 3 is 1.81 bits per heavy atom. The van der Waals surface area contributed by atoms with Crippen molar-refractivity contribution in [2.75, 3.05) is 5.73 Å². The van der Waals surface area contributed by atoms with Crippen molar-refractivity contribution in [1.82, 2.24) is 0 Å². The van der Waals surface area contributed by atoms with Gasteiger partial charge in [-0.25, -0.2) is 4.21 Å². The quantitative estimate of drug-likeness (QED) is 0.808. The van der Waals surface area contributed by atoms with Crippen molar-refractivity contribution in [2.45, 2.75) is 16.7 Å². The summed E-state index contributed by atoms with van der Waals surface area (Å²) in [5.41, 5.74) is 7.44. The first-order valence-corrected chi connectivity index (χ1v) is 6.16. The highest BCUT2D eigenvalue weighted by atomic mass is 32.2. The van der Waals surface area contributed by atoms with Crippen LogP contribution in [-0.4, -0.2) is 4.21 Å². The van der Waals surface area contributed by atoms with Crippen LogP contribution < -0.4 is 5.73 Å². The number of rotatable bonds is 2. The molecule has 0 saturated carbocycles. The Kier molecular flexibility index (Phi) is 3.06. The van der Waals surface area contributed by atoms with E-state index in [1.54, 1.807) is 24.3 Å². The van der Waals surface area contributed by atoms with E-state index in [0.29, 0.717) is 5.69 Å². The largest absolute Gasteiger partial charge is 0.399 e. The molecule has 0 aliphatic heterocycles. The molecule has 82 valence electrons. The lowest BCUT2D eigenvalue weighted by Crippen LogP contribution is -1.93. The molecule has 1 unspecified atom stereocenters. The van der Waals surface area contributed by atoms with Gasteiger partial charge in [-0.3, -0.25) is 0 Å². The molecule has 2 aromatic carbocycles. The summed E-state index contributed by atoms with van der Waals surface area (Å²) in [5.74, 6) is 0. The topological polar surface area (TPSA) is 43.1 Å². The normalized spacial score (nSPS) is 12.3. The molecule has 2 aromatic rings. The highest BCUT2D eigenvalue weighted by Crippen LogP contribution is 2.17. The predicted molar refractivity (Wildman–Crippen MR) is 66.7 cm³/mol. The fourth-order valence-electron chi connectivity index (χ4n) is 1.39. The fourth-order valence-corrected chi connectivity index (χ4v) is 2.43. The number of anilines is 1. The molecule has 0 radical (unpaired) electrons. The molecular weight excluding hydrogens is 218 g/mol. The highest BCUT2D eigenvalue weighted by molar-refractivity contribution is 7.85. The van der Waals surface area contributed by atoms with Gasteiger partial charge in [0.2, 0.25) is 0 Å². The first kappa shape index (κ1) is 10.9. The Morgan fingerprint density at radius 2 is 1.31 bits per heavy atom. The van der Waals surface area contributed by atoms with Gasteiger partial charge >= 0.3 is 0 Å². The average molecular weight is 231 g/mol. The molecule has 0 bridgehead atoms. The van der Waals surface area contributed by atoms with Crippen LogP contribution >= 0.6 is 0 Å². The lowest BCUT2D eigenvalue weighted by Gasteiger charge is -2.03. The van der Waals surface area contributed by atoms with E-state index in [2.05, 4.69) is 0 Å². The van der Waals surface area contributed by atoms with E-state index in [1.807, 2.05) is 31.2 Å². The van der Waals surface area contributed by atoms with Gasteiger partial charge in [0.25, 0.3) is 0 Å². The van der Waals surface area contributed by atoms with E-state index in [9.17, 15) is 4.21 Å². The second-order valence-corrected chi connectivity index (χ2v) is 5.13. The molecule has 0 fully saturated rings. The minimum atomic E-state index is -1.12. The van der Waals surface area contributed by atoms with Crippen LogP contribution in [0, 0.1) is 6.92 Å². The third-order valence-electron chi connectivity index (χ3n) is 2.33. The van der Waals surface area contributed by atoms with Gasteiger partial charge in [-0.2, -0.15) is 0 Å². The van der Waals surface area contributed by atoms with Crippen molar-refractivity contribution in [3.05, 3.63) is 54.1 Å². The van der Waals surface area contributed by atoms with Crippen LogP contribution in [0.5, 0.6) is 0 Å². The summed E-state index contributed by atoms with van der Waals surface area (Å²) < 4.78 is 12.1. The van der Waals surface area contributed by atoms with Gasteiger partial charge in [-0.15, -0.1) is 0 Å². The Bertz CT molecular complexity index is 455. The molecule has 2 rings (SSSR count). The predicted octanol–water partition coefficient (Wildman–Crippen LogP) is 2.74. The lowest BCUT2D eigenvalue weighted by atomic mass is 10.2. The number of nitrogen functional groups attached to an aromatic ring is 1. The van der Waals surface area contributed by atoms with Crippen molar-refractivity contribution in [1.29, 1.82) is 0 Å². The number of benzene rings is 2. The van der Waals surface area contributed by atoms with E-state index < -0.39 is 10.8 Å². The van der Waals surface area contributed by atoms with Crippen LogP contribution in [0.3, 0.4) is 0 Å². The summed E-state index contributed by atoms with van der Waals surface area (Å²) in [6, 6.07) is 14.8. The molecule has 1 atom stereocenters. The summed E-state index contributed by atoms with van der Waals surface area (Å²) >= 11 is 0. The molecule has 0 saturated heterocycles. The van der Waals surface area contributed by atoms with Crippen molar-refractivity contribution in [3.63, 3.8) is 0 Å². The van der Waals surface area contributed by atoms with Gasteiger partial charge < -0.3 is 5.73 Å². The zero-order chi connectivity index (χ0) is 11.5. The zero-order valence-electron chi connectivity index (χ0n) is 9.01. The van der Waals surface area contributed by atoms with Gasteiger partial charge in [0.15, 0.2) is 0 Å². The molecule has 0 spiro atoms. The molecule has 2 N–H and O–H groups in total. The second-order valence-electron chi connectivity index (χ2n) is 3.65. The van der Waals surface area contributed by atoms with E-state index in [4.69, 9.17) is 5.73 Å². The molecule has 2 nitrogen and oxygen atoms in total. The summed E-state index contributed by atoms with van der Waals surface area (Å²) in [5, 5.41) is 0. The zero-order valence-corrected chi connectivity index (χ0v) is 9.83. The SMILES string of the molecule is Cc1ccc(S(=O)c2ccc(N)cc2)cc1. The van der Waals surface area contributed by atoms with E-state index >= 15 is 0 Å². The van der Waals surface area contributed by atoms with Crippen LogP contribution in [0.25, 0.3) is 0 Å². The molecular formula is C13H13NOS. The summed E-state index contributed by atoms with van der Waals surface area (Å²) in [7, 11) is -1.12. The number of hydrogen-bond donors (Lipinski definition) is 1. The third-order valence-corrected chi connectivity index (χ3v) is 3.73. The maximum atomic E-state index is 12.1. The Labute approximate surface area is 97.6 Å². The van der Waals surface area contributed by atoms with Crippen LogP contribution in [0.15, 0.2) is 58.3 Å². The highest BCUT2D eigenvalue weighted by Gasteiger charge is 2.05. The fraction of sp³-hybridized carbons (Fsp3) is 0.0769. The number of hydrogen-bond acceptors (Lipinski definition) is 2. The van der Waals surface area contributed by atoms with Gasteiger partial charge in [0.05, 0.1) is 10.8 Å². The smallest absolute Gasteiger partial charge is 0.0849 e. The van der Waals surface area contributed by atoms with E-state index in [1.165, 1.54) is 0 Å². The van der Waals surface area contributed by atoms with Gasteiger partial charge in [-0.05, 0) is 43.3 Å². The first-order valence-electron chi connectivity index (χ1n) is 5.01. The second kappa shape index (κ2) is 4.49. The van der Waals surface area contributed by atoms with Crippen molar-refractivity contribution in [3.8, 4) is 0 Å². The standard InChI is InChI=1S/C13H13NOS/c1-10-2-6-12(7-3-10)16(15)13-8-4-11(14)5-9-13/h2-9H,14H2,1H3. The molecule has 0 aromatic heterocycles. The van der Waals surface area contributed by atoms with Gasteiger partial charge in [-0.1, -0.05) is 17.7 Å². The maximum absolute atomic E-state index is 12.1. The molecule has 0 aliphatic carbocycles. The molecule has 0 aliphatic rings. The minimum Gasteiger partial charge on any atom is -0.399 e. The monoisotopic (exact) mass is 231 g/mol. The van der Waals surface area contributed by atoms with Crippen molar-refractivity contribution < 1.29 is 4.21 Å².